The minimum atomic E-state index is -0.284. The van der Waals surface area contributed by atoms with Crippen molar-refractivity contribution in [1.29, 1.82) is 0 Å². The maximum atomic E-state index is 12.6. The molecule has 2 aliphatic heterocycles. The van der Waals surface area contributed by atoms with E-state index < -0.39 is 0 Å². The van der Waals surface area contributed by atoms with Crippen LogP contribution in [-0.2, 0) is 9.59 Å². The first kappa shape index (κ1) is 22.3. The number of carbonyl (C=O) groups excluding carboxylic acids is 2. The van der Waals surface area contributed by atoms with Crippen LogP contribution >= 0.6 is 23.2 Å². The van der Waals surface area contributed by atoms with Crippen LogP contribution in [0.2, 0.25) is 10.0 Å². The second-order valence-corrected chi connectivity index (χ2v) is 8.74. The van der Waals surface area contributed by atoms with Gasteiger partial charge in [0.25, 0.3) is 0 Å². The van der Waals surface area contributed by atoms with Crippen LogP contribution in [-0.4, -0.2) is 78.4 Å². The Bertz CT molecular complexity index is 715. The number of amides is 2. The topological polar surface area (TPSA) is 55.9 Å². The number of rotatable bonds is 5. The number of likely N-dealkylation sites (tertiary alicyclic amines) is 1. The zero-order valence-electron chi connectivity index (χ0n) is 17.0. The summed E-state index contributed by atoms with van der Waals surface area (Å²) in [6.45, 7) is 7.24. The van der Waals surface area contributed by atoms with Gasteiger partial charge in [-0.2, -0.15) is 0 Å². The minimum absolute atomic E-state index is 0.108. The van der Waals surface area contributed by atoms with Gasteiger partial charge in [-0.25, -0.2) is 0 Å². The monoisotopic (exact) mass is 440 g/mol. The smallest absolute Gasteiger partial charge is 0.241 e. The van der Waals surface area contributed by atoms with Gasteiger partial charge in [0.2, 0.25) is 11.8 Å². The maximum absolute atomic E-state index is 12.6. The lowest BCUT2D eigenvalue weighted by Crippen LogP contribution is -2.54. The van der Waals surface area contributed by atoms with Crippen LogP contribution in [0.1, 0.15) is 32.6 Å². The van der Waals surface area contributed by atoms with Crippen LogP contribution in [0, 0.1) is 0 Å². The number of halogens is 2. The molecule has 0 bridgehead atoms. The molecular weight excluding hydrogens is 411 g/mol. The van der Waals surface area contributed by atoms with Crippen molar-refractivity contribution in [1.82, 2.24) is 14.7 Å². The summed E-state index contributed by atoms with van der Waals surface area (Å²) in [5.41, 5.74) is 0.526. The molecule has 2 heterocycles. The molecular formula is C21H30Cl2N4O2. The van der Waals surface area contributed by atoms with Crippen molar-refractivity contribution in [2.75, 3.05) is 51.1 Å². The van der Waals surface area contributed by atoms with Crippen LogP contribution in [0.3, 0.4) is 0 Å². The lowest BCUT2D eigenvalue weighted by atomic mass is 10.2. The molecule has 2 fully saturated rings. The number of piperazine rings is 1. The number of anilines is 1. The third kappa shape index (κ3) is 6.32. The molecule has 0 aliphatic carbocycles. The zero-order valence-corrected chi connectivity index (χ0v) is 18.5. The molecule has 160 valence electrons. The minimum Gasteiger partial charge on any atom is -0.342 e. The van der Waals surface area contributed by atoms with E-state index in [1.165, 1.54) is 12.8 Å². The van der Waals surface area contributed by atoms with Gasteiger partial charge in [-0.3, -0.25) is 19.4 Å². The Morgan fingerprint density at radius 3 is 2.31 bits per heavy atom. The van der Waals surface area contributed by atoms with E-state index in [-0.39, 0.29) is 17.9 Å². The van der Waals surface area contributed by atoms with Gasteiger partial charge in [0.05, 0.1) is 23.3 Å². The predicted octanol–water partition coefficient (Wildman–Crippen LogP) is 3.34. The van der Waals surface area contributed by atoms with Crippen LogP contribution in [0.4, 0.5) is 5.69 Å². The van der Waals surface area contributed by atoms with Gasteiger partial charge in [-0.1, -0.05) is 36.0 Å². The molecule has 1 aromatic rings. The number of nitrogens with zero attached hydrogens (tertiary/aromatic N) is 3. The predicted molar refractivity (Wildman–Crippen MR) is 118 cm³/mol. The largest absolute Gasteiger partial charge is 0.342 e. The van der Waals surface area contributed by atoms with Crippen LogP contribution in [0.15, 0.2) is 18.2 Å². The summed E-state index contributed by atoms with van der Waals surface area (Å²) in [4.78, 5) is 31.6. The molecule has 0 radical (unpaired) electrons. The SMILES string of the molecule is CC(C(=O)Nc1cc(Cl)ccc1Cl)N1CCN(CC(=O)N2CCCCCC2)CC1. The van der Waals surface area contributed by atoms with E-state index in [1.54, 1.807) is 18.2 Å². The molecule has 6 nitrogen and oxygen atoms in total. The van der Waals surface area contributed by atoms with Crippen molar-refractivity contribution >= 4 is 40.7 Å². The fourth-order valence-electron chi connectivity index (χ4n) is 3.92. The molecule has 2 aliphatic rings. The normalized spacial score (nSPS) is 20.2. The fraction of sp³-hybridized carbons (Fsp3) is 0.619. The first-order chi connectivity index (χ1) is 13.9. The quantitative estimate of drug-likeness (QED) is 0.762. The molecule has 3 rings (SSSR count). The Balaban J connectivity index is 1.46. The molecule has 0 aromatic heterocycles. The standard InChI is InChI=1S/C21H30Cl2N4O2/c1-16(21(29)24-19-14-17(22)6-7-18(19)23)26-12-10-25(11-13-26)15-20(28)27-8-4-2-3-5-9-27/h6-7,14,16H,2-5,8-13,15H2,1H3,(H,24,29). The summed E-state index contributed by atoms with van der Waals surface area (Å²) in [7, 11) is 0. The number of nitrogens with one attached hydrogen (secondary N) is 1. The molecule has 0 saturated carbocycles. The number of hydrogen-bond acceptors (Lipinski definition) is 4. The van der Waals surface area contributed by atoms with E-state index >= 15 is 0 Å². The van der Waals surface area contributed by atoms with Gasteiger partial charge in [0.15, 0.2) is 0 Å². The van der Waals surface area contributed by atoms with Gasteiger partial charge >= 0.3 is 0 Å². The Labute approximate surface area is 183 Å². The Kier molecular flexibility index (Phi) is 8.18. The van der Waals surface area contributed by atoms with E-state index in [0.29, 0.717) is 22.3 Å². The van der Waals surface area contributed by atoms with Crippen LogP contribution in [0.5, 0.6) is 0 Å². The summed E-state index contributed by atoms with van der Waals surface area (Å²) in [5.74, 6) is 0.130. The Hall–Kier alpha value is -1.34. The van der Waals surface area contributed by atoms with E-state index in [4.69, 9.17) is 23.2 Å². The van der Waals surface area contributed by atoms with Crippen LogP contribution < -0.4 is 5.32 Å². The first-order valence-corrected chi connectivity index (χ1v) is 11.2. The Morgan fingerprint density at radius 2 is 1.66 bits per heavy atom. The lowest BCUT2D eigenvalue weighted by Gasteiger charge is -2.37. The maximum Gasteiger partial charge on any atom is 0.241 e. The number of carbonyl (C=O) groups is 2. The van der Waals surface area contributed by atoms with E-state index in [0.717, 1.165) is 52.1 Å². The Morgan fingerprint density at radius 1 is 1.00 bits per heavy atom. The van der Waals surface area contributed by atoms with Crippen molar-refractivity contribution in [3.8, 4) is 0 Å². The summed E-state index contributed by atoms with van der Waals surface area (Å²) in [6.07, 6.45) is 4.68. The summed E-state index contributed by atoms with van der Waals surface area (Å²) in [6, 6.07) is 4.73. The molecule has 2 amide bonds. The summed E-state index contributed by atoms with van der Waals surface area (Å²) >= 11 is 12.1. The van der Waals surface area contributed by atoms with Gasteiger partial charge < -0.3 is 10.2 Å². The highest BCUT2D eigenvalue weighted by molar-refractivity contribution is 6.35. The summed E-state index contributed by atoms with van der Waals surface area (Å²) in [5, 5.41) is 3.86. The van der Waals surface area contributed by atoms with Crippen molar-refractivity contribution in [2.45, 2.75) is 38.6 Å². The molecule has 8 heteroatoms. The van der Waals surface area contributed by atoms with Gasteiger partial charge in [-0.15, -0.1) is 0 Å². The number of benzene rings is 1. The van der Waals surface area contributed by atoms with E-state index in [9.17, 15) is 9.59 Å². The highest BCUT2D eigenvalue weighted by atomic mass is 35.5. The molecule has 0 spiro atoms. The van der Waals surface area contributed by atoms with E-state index in [1.807, 2.05) is 11.8 Å². The third-order valence-corrected chi connectivity index (χ3v) is 6.40. The van der Waals surface area contributed by atoms with E-state index in [2.05, 4.69) is 15.1 Å². The highest BCUT2D eigenvalue weighted by Crippen LogP contribution is 2.25. The lowest BCUT2D eigenvalue weighted by molar-refractivity contribution is -0.133. The summed E-state index contributed by atoms with van der Waals surface area (Å²) < 4.78 is 0. The number of hydrogen-bond donors (Lipinski definition) is 1. The van der Waals surface area contributed by atoms with Gasteiger partial charge in [0.1, 0.15) is 0 Å². The molecule has 29 heavy (non-hydrogen) atoms. The average molecular weight is 441 g/mol. The van der Waals surface area contributed by atoms with Crippen LogP contribution in [0.25, 0.3) is 0 Å². The molecule has 2 saturated heterocycles. The second kappa shape index (κ2) is 10.6. The van der Waals surface area contributed by atoms with Gasteiger partial charge in [-0.05, 0) is 38.0 Å². The van der Waals surface area contributed by atoms with Gasteiger partial charge in [0, 0.05) is 44.3 Å². The molecule has 1 aromatic carbocycles. The molecule has 1 N–H and O–H groups in total. The molecule has 1 atom stereocenters. The van der Waals surface area contributed by atoms with Crippen molar-refractivity contribution in [3.63, 3.8) is 0 Å². The second-order valence-electron chi connectivity index (χ2n) is 7.90. The first-order valence-electron chi connectivity index (χ1n) is 10.4. The average Bonchev–Trinajstić information content (AvgIpc) is 3.00. The third-order valence-electron chi connectivity index (χ3n) is 5.84. The van der Waals surface area contributed by atoms with Crippen molar-refractivity contribution in [2.24, 2.45) is 0 Å². The van der Waals surface area contributed by atoms with Crippen molar-refractivity contribution < 1.29 is 9.59 Å². The fourth-order valence-corrected chi connectivity index (χ4v) is 4.25. The van der Waals surface area contributed by atoms with Crippen molar-refractivity contribution in [3.05, 3.63) is 28.2 Å². The zero-order chi connectivity index (χ0) is 20.8. The highest BCUT2D eigenvalue weighted by Gasteiger charge is 2.27. The molecule has 1 unspecified atom stereocenters.